The zero-order valence-corrected chi connectivity index (χ0v) is 18.8. The zero-order valence-electron chi connectivity index (χ0n) is 18.0. The number of carboxylic acid groups (broad SMARTS) is 1. The van der Waals surface area contributed by atoms with Crippen LogP contribution in [0.5, 0.6) is 0 Å². The van der Waals surface area contributed by atoms with E-state index in [1.54, 1.807) is 18.2 Å². The van der Waals surface area contributed by atoms with Crippen LogP contribution in [0.25, 0.3) is 0 Å². The van der Waals surface area contributed by atoms with Crippen molar-refractivity contribution in [3.63, 3.8) is 0 Å². The van der Waals surface area contributed by atoms with Crippen LogP contribution in [0.2, 0.25) is 0 Å². The van der Waals surface area contributed by atoms with E-state index in [2.05, 4.69) is 0 Å². The van der Waals surface area contributed by atoms with E-state index in [-0.39, 0.29) is 31.3 Å². The van der Waals surface area contributed by atoms with Gasteiger partial charge in [0, 0.05) is 0 Å². The second-order valence-electron chi connectivity index (χ2n) is 6.10. The van der Waals surface area contributed by atoms with E-state index in [9.17, 15) is 13.2 Å². The van der Waals surface area contributed by atoms with Crippen LogP contribution in [0, 0.1) is 0 Å². The summed E-state index contributed by atoms with van der Waals surface area (Å²) in [5.74, 6) is -1.01. The topological polar surface area (TPSA) is 136 Å². The van der Waals surface area contributed by atoms with Gasteiger partial charge in [0.15, 0.2) is 0 Å². The number of aliphatic carboxylic acids is 1. The van der Waals surface area contributed by atoms with Gasteiger partial charge < -0.3 is 33.5 Å². The molecule has 0 saturated carbocycles. The first kappa shape index (κ1) is 28.4. The Morgan fingerprint density at radius 3 is 1.41 bits per heavy atom. The molecule has 12 heteroatoms. The highest BCUT2D eigenvalue weighted by Gasteiger charge is 2.13. The molecule has 0 unspecified atom stereocenters. The highest BCUT2D eigenvalue weighted by atomic mass is 32.2. The summed E-state index contributed by atoms with van der Waals surface area (Å²) >= 11 is 0. The largest absolute Gasteiger partial charge is 0.480 e. The molecule has 0 fully saturated rings. The van der Waals surface area contributed by atoms with Crippen LogP contribution in [-0.4, -0.2) is 105 Å². The number of hydrogen-bond acceptors (Lipinski definition) is 10. The van der Waals surface area contributed by atoms with E-state index >= 15 is 0 Å². The Morgan fingerprint density at radius 2 is 1.00 bits per heavy atom. The molecule has 0 bridgehead atoms. The lowest BCUT2D eigenvalue weighted by molar-refractivity contribution is -0.142. The van der Waals surface area contributed by atoms with Crippen LogP contribution in [0.15, 0.2) is 35.2 Å². The number of ether oxygens (including phenoxy) is 6. The molecule has 0 heterocycles. The molecule has 1 aromatic carbocycles. The predicted molar refractivity (Wildman–Crippen MR) is 112 cm³/mol. The molecule has 1 aromatic rings. The van der Waals surface area contributed by atoms with Gasteiger partial charge in [0.05, 0.1) is 84.2 Å². The Labute approximate surface area is 188 Å². The predicted octanol–water partition coefficient (Wildman–Crippen LogP) is 0.576. The Bertz CT molecular complexity index is 682. The average Bonchev–Trinajstić information content (AvgIpc) is 2.78. The summed E-state index contributed by atoms with van der Waals surface area (Å²) in [6.07, 6.45) is 0. The van der Waals surface area contributed by atoms with Crippen LogP contribution in [0.3, 0.4) is 0 Å². The molecule has 1 N–H and O–H groups in total. The average molecular weight is 481 g/mol. The van der Waals surface area contributed by atoms with Crippen molar-refractivity contribution in [2.45, 2.75) is 4.90 Å². The number of carbonyl (C=O) groups is 1. The molecule has 0 saturated heterocycles. The summed E-state index contributed by atoms with van der Waals surface area (Å²) in [6, 6.07) is 7.93. The van der Waals surface area contributed by atoms with Crippen LogP contribution in [0.4, 0.5) is 0 Å². The van der Waals surface area contributed by atoms with Gasteiger partial charge in [-0.2, -0.15) is 8.42 Å². The van der Waals surface area contributed by atoms with Crippen molar-refractivity contribution in [2.24, 2.45) is 0 Å². The third-order valence-electron chi connectivity index (χ3n) is 3.58. The van der Waals surface area contributed by atoms with Gasteiger partial charge >= 0.3 is 5.97 Å². The van der Waals surface area contributed by atoms with Gasteiger partial charge in [-0.05, 0) is 12.1 Å². The van der Waals surface area contributed by atoms with E-state index in [0.717, 1.165) is 0 Å². The van der Waals surface area contributed by atoms with Crippen molar-refractivity contribution < 1.29 is 50.9 Å². The fourth-order valence-corrected chi connectivity index (χ4v) is 3.03. The molecule has 0 spiro atoms. The Balaban J connectivity index is 1.77. The molecule has 0 radical (unpaired) electrons. The molecule has 0 amide bonds. The number of hydrogen-bond donors (Lipinski definition) is 1. The van der Waals surface area contributed by atoms with Gasteiger partial charge in [0.2, 0.25) is 0 Å². The van der Waals surface area contributed by atoms with E-state index in [0.29, 0.717) is 59.5 Å². The molecule has 0 aliphatic rings. The van der Waals surface area contributed by atoms with Crippen molar-refractivity contribution in [3.05, 3.63) is 30.3 Å². The minimum absolute atomic E-state index is 0.0656. The number of benzene rings is 1. The first-order valence-corrected chi connectivity index (χ1v) is 11.6. The third-order valence-corrected chi connectivity index (χ3v) is 4.91. The maximum absolute atomic E-state index is 11.9. The van der Waals surface area contributed by atoms with Gasteiger partial charge in [-0.15, -0.1) is 0 Å². The first-order valence-electron chi connectivity index (χ1n) is 10.1. The van der Waals surface area contributed by atoms with Gasteiger partial charge in [-0.1, -0.05) is 18.2 Å². The molecule has 32 heavy (non-hydrogen) atoms. The number of carboxylic acids is 1. The molecular weight excluding hydrogens is 448 g/mol. The van der Waals surface area contributed by atoms with Crippen LogP contribution in [-0.2, 0) is 47.5 Å². The molecule has 184 valence electrons. The fourth-order valence-electron chi connectivity index (χ4n) is 2.12. The van der Waals surface area contributed by atoms with Crippen LogP contribution >= 0.6 is 0 Å². The molecule has 0 aliphatic carbocycles. The minimum Gasteiger partial charge on any atom is -0.480 e. The van der Waals surface area contributed by atoms with Gasteiger partial charge in [-0.25, -0.2) is 4.79 Å². The highest BCUT2D eigenvalue weighted by Crippen LogP contribution is 2.10. The zero-order chi connectivity index (χ0) is 23.3. The maximum Gasteiger partial charge on any atom is 0.329 e. The second-order valence-corrected chi connectivity index (χ2v) is 7.71. The summed E-state index contributed by atoms with van der Waals surface area (Å²) in [6.45, 7) is 3.44. The first-order chi connectivity index (χ1) is 15.5. The fraction of sp³-hybridized carbons (Fsp3) is 0.650. The lowest BCUT2D eigenvalue weighted by Gasteiger charge is -2.08. The van der Waals surface area contributed by atoms with E-state index in [1.165, 1.54) is 12.1 Å². The normalized spacial score (nSPS) is 11.6. The molecule has 0 atom stereocenters. The summed E-state index contributed by atoms with van der Waals surface area (Å²) in [5, 5.41) is 8.38. The van der Waals surface area contributed by atoms with Crippen molar-refractivity contribution in [2.75, 3.05) is 85.9 Å². The molecule has 1 rings (SSSR count). The van der Waals surface area contributed by atoms with E-state index in [1.807, 2.05) is 0 Å². The van der Waals surface area contributed by atoms with Crippen LogP contribution < -0.4 is 0 Å². The highest BCUT2D eigenvalue weighted by molar-refractivity contribution is 7.86. The van der Waals surface area contributed by atoms with E-state index in [4.69, 9.17) is 37.7 Å². The SMILES string of the molecule is O=C(O)COCCOCCOCCOCCOCCOCCOS(=O)(=O)c1ccccc1. The molecule has 0 aliphatic heterocycles. The van der Waals surface area contributed by atoms with Crippen molar-refractivity contribution in [1.82, 2.24) is 0 Å². The van der Waals surface area contributed by atoms with Crippen LogP contribution in [0.1, 0.15) is 0 Å². The summed E-state index contributed by atoms with van der Waals surface area (Å²) in [7, 11) is -3.75. The van der Waals surface area contributed by atoms with Crippen molar-refractivity contribution in [3.8, 4) is 0 Å². The Hall–Kier alpha value is -1.64. The second kappa shape index (κ2) is 18.9. The summed E-state index contributed by atoms with van der Waals surface area (Å²) in [4.78, 5) is 10.3. The van der Waals surface area contributed by atoms with Gasteiger partial charge in [0.25, 0.3) is 10.1 Å². The standard InChI is InChI=1S/C20H32O11S/c21-20(22)18-30-15-14-28-11-10-26-7-6-25-8-9-27-12-13-29-16-17-31-32(23,24)19-4-2-1-3-5-19/h1-5H,6-18H2,(H,21,22). The van der Waals surface area contributed by atoms with Crippen molar-refractivity contribution >= 4 is 16.1 Å². The Morgan fingerprint density at radius 1 is 0.625 bits per heavy atom. The van der Waals surface area contributed by atoms with Gasteiger partial charge in [-0.3, -0.25) is 4.18 Å². The molecule has 11 nitrogen and oxygen atoms in total. The number of rotatable bonds is 22. The monoisotopic (exact) mass is 480 g/mol. The minimum atomic E-state index is -3.75. The quantitative estimate of drug-likeness (QED) is 0.184. The lowest BCUT2D eigenvalue weighted by atomic mass is 10.4. The van der Waals surface area contributed by atoms with E-state index < -0.39 is 16.1 Å². The molecule has 0 aromatic heterocycles. The third kappa shape index (κ3) is 16.1. The Kier molecular flexibility index (Phi) is 16.8. The smallest absolute Gasteiger partial charge is 0.329 e. The lowest BCUT2D eigenvalue weighted by Crippen LogP contribution is -2.15. The molecular formula is C20H32O11S. The summed E-state index contributed by atoms with van der Waals surface area (Å²) < 4.78 is 59.9. The maximum atomic E-state index is 11.9. The van der Waals surface area contributed by atoms with Gasteiger partial charge in [0.1, 0.15) is 6.61 Å². The summed E-state index contributed by atoms with van der Waals surface area (Å²) in [5.41, 5.74) is 0. The van der Waals surface area contributed by atoms with Crippen molar-refractivity contribution in [1.29, 1.82) is 0 Å².